The molecule has 0 spiro atoms. The van der Waals surface area contributed by atoms with Crippen LogP contribution in [0, 0.1) is 0 Å². The van der Waals surface area contributed by atoms with Crippen LogP contribution in [0.2, 0.25) is 0 Å². The van der Waals surface area contributed by atoms with Gasteiger partial charge >= 0.3 is 18.0 Å². The van der Waals surface area contributed by atoms with Crippen molar-refractivity contribution in [2.24, 2.45) is 0 Å². The minimum Gasteiger partial charge on any atom is -0.436 e. The average molecular weight is 240 g/mol. The highest BCUT2D eigenvalue weighted by molar-refractivity contribution is 4.95. The Morgan fingerprint density at radius 2 is 1.53 bits per heavy atom. The molecule has 1 unspecified atom stereocenters. The quantitative estimate of drug-likeness (QED) is 0.528. The number of hydrogen-bond donors (Lipinski definition) is 0. The van der Waals surface area contributed by atoms with Gasteiger partial charge in [-0.05, 0) is 6.92 Å². The summed E-state index contributed by atoms with van der Waals surface area (Å²) >= 11 is 0. The highest BCUT2D eigenvalue weighted by Crippen LogP contribution is 2.48. The normalized spacial score (nSPS) is 16.0. The standard InChI is InChI=1S/C7H7F7O/c1-3-15-7(13,14)6(11,12)5(9,10)4(2)8/h3-4H,1H2,2H3. The van der Waals surface area contributed by atoms with Crippen molar-refractivity contribution in [3.63, 3.8) is 0 Å². The summed E-state index contributed by atoms with van der Waals surface area (Å²) in [5.74, 6) is -11.5. The van der Waals surface area contributed by atoms with Crippen LogP contribution in [0.1, 0.15) is 6.92 Å². The van der Waals surface area contributed by atoms with Crippen molar-refractivity contribution >= 4 is 0 Å². The van der Waals surface area contributed by atoms with E-state index >= 15 is 0 Å². The van der Waals surface area contributed by atoms with Crippen LogP contribution in [0.4, 0.5) is 30.7 Å². The molecule has 0 radical (unpaired) electrons. The molecule has 0 aromatic rings. The van der Waals surface area contributed by atoms with Gasteiger partial charge in [-0.1, -0.05) is 6.58 Å². The van der Waals surface area contributed by atoms with Crippen LogP contribution in [-0.2, 0) is 4.74 Å². The van der Waals surface area contributed by atoms with Crippen LogP contribution < -0.4 is 0 Å². The van der Waals surface area contributed by atoms with E-state index < -0.39 is 24.1 Å². The Labute approximate surface area is 80.5 Å². The predicted octanol–water partition coefficient (Wildman–Crippen LogP) is 3.37. The summed E-state index contributed by atoms with van der Waals surface area (Å²) in [5.41, 5.74) is 0. The first-order valence-corrected chi connectivity index (χ1v) is 3.57. The predicted molar refractivity (Wildman–Crippen MR) is 36.7 cm³/mol. The van der Waals surface area contributed by atoms with Crippen LogP contribution in [0.15, 0.2) is 12.8 Å². The Morgan fingerprint density at radius 1 is 1.13 bits per heavy atom. The highest BCUT2D eigenvalue weighted by atomic mass is 19.4. The summed E-state index contributed by atoms with van der Waals surface area (Å²) in [7, 11) is 0. The van der Waals surface area contributed by atoms with Crippen LogP contribution in [0.3, 0.4) is 0 Å². The van der Waals surface area contributed by atoms with E-state index in [-0.39, 0.29) is 13.2 Å². The molecule has 8 heteroatoms. The molecule has 0 rings (SSSR count). The molecule has 0 aliphatic heterocycles. The molecular weight excluding hydrogens is 233 g/mol. The van der Waals surface area contributed by atoms with Crippen LogP contribution in [0.5, 0.6) is 0 Å². The third kappa shape index (κ3) is 2.18. The number of ether oxygens (including phenoxy) is 1. The number of alkyl halides is 7. The first-order chi connectivity index (χ1) is 6.50. The van der Waals surface area contributed by atoms with Gasteiger partial charge in [0.1, 0.15) is 0 Å². The van der Waals surface area contributed by atoms with Gasteiger partial charge in [-0.2, -0.15) is 26.3 Å². The van der Waals surface area contributed by atoms with E-state index in [2.05, 4.69) is 11.3 Å². The fourth-order valence-electron chi connectivity index (χ4n) is 0.622. The Hall–Kier alpha value is -0.950. The van der Waals surface area contributed by atoms with Gasteiger partial charge in [0.15, 0.2) is 6.17 Å². The van der Waals surface area contributed by atoms with E-state index in [1.54, 1.807) is 0 Å². The second kappa shape index (κ2) is 3.90. The largest absolute Gasteiger partial charge is 0.470 e. The molecule has 1 nitrogen and oxygen atoms in total. The topological polar surface area (TPSA) is 9.23 Å². The SMILES string of the molecule is C=COC(F)(F)C(F)(F)C(F)(F)C(C)F. The fourth-order valence-corrected chi connectivity index (χ4v) is 0.622. The maximum Gasteiger partial charge on any atom is 0.470 e. The second-order valence-corrected chi connectivity index (χ2v) is 2.61. The van der Waals surface area contributed by atoms with Crippen molar-refractivity contribution in [1.82, 2.24) is 0 Å². The number of rotatable bonds is 5. The van der Waals surface area contributed by atoms with Gasteiger partial charge in [-0.15, -0.1) is 0 Å². The van der Waals surface area contributed by atoms with Crippen molar-refractivity contribution in [2.75, 3.05) is 0 Å². The lowest BCUT2D eigenvalue weighted by atomic mass is 10.1. The molecule has 0 amide bonds. The lowest BCUT2D eigenvalue weighted by Crippen LogP contribution is -2.58. The third-order valence-corrected chi connectivity index (χ3v) is 1.52. The van der Waals surface area contributed by atoms with Crippen molar-refractivity contribution in [3.8, 4) is 0 Å². The molecule has 90 valence electrons. The van der Waals surface area contributed by atoms with E-state index in [9.17, 15) is 30.7 Å². The van der Waals surface area contributed by atoms with E-state index in [0.717, 1.165) is 0 Å². The monoisotopic (exact) mass is 240 g/mol. The molecule has 0 aliphatic rings. The summed E-state index contributed by atoms with van der Waals surface area (Å²) < 4.78 is 89.7. The number of hydrogen-bond acceptors (Lipinski definition) is 1. The first-order valence-electron chi connectivity index (χ1n) is 3.57. The Morgan fingerprint density at radius 3 is 1.80 bits per heavy atom. The van der Waals surface area contributed by atoms with Crippen molar-refractivity contribution in [1.29, 1.82) is 0 Å². The molecule has 0 aliphatic carbocycles. The minimum absolute atomic E-state index is 0.0396. The van der Waals surface area contributed by atoms with Gasteiger partial charge in [0.25, 0.3) is 0 Å². The Bertz CT molecular complexity index is 235. The summed E-state index contributed by atoms with van der Waals surface area (Å²) in [6.45, 7) is 2.55. The van der Waals surface area contributed by atoms with Gasteiger partial charge in [-0.25, -0.2) is 4.39 Å². The van der Waals surface area contributed by atoms with Gasteiger partial charge in [0.05, 0.1) is 6.26 Å². The van der Waals surface area contributed by atoms with Crippen molar-refractivity contribution < 1.29 is 35.5 Å². The smallest absolute Gasteiger partial charge is 0.436 e. The summed E-state index contributed by atoms with van der Waals surface area (Å²) in [6.07, 6.45) is -9.11. The highest BCUT2D eigenvalue weighted by Gasteiger charge is 2.75. The van der Waals surface area contributed by atoms with Crippen molar-refractivity contribution in [3.05, 3.63) is 12.8 Å². The molecule has 0 aromatic heterocycles. The van der Waals surface area contributed by atoms with Crippen LogP contribution in [-0.4, -0.2) is 24.1 Å². The molecule has 0 bridgehead atoms. The second-order valence-electron chi connectivity index (χ2n) is 2.61. The Balaban J connectivity index is 5.19. The molecule has 0 saturated carbocycles. The van der Waals surface area contributed by atoms with E-state index in [0.29, 0.717) is 0 Å². The zero-order valence-electron chi connectivity index (χ0n) is 7.42. The van der Waals surface area contributed by atoms with Crippen molar-refractivity contribution in [2.45, 2.75) is 31.0 Å². The van der Waals surface area contributed by atoms with Gasteiger partial charge in [0.2, 0.25) is 0 Å². The Kier molecular flexibility index (Phi) is 3.65. The molecule has 0 fully saturated rings. The van der Waals surface area contributed by atoms with Gasteiger partial charge < -0.3 is 4.74 Å². The molecule has 1 atom stereocenters. The lowest BCUT2D eigenvalue weighted by Gasteiger charge is -2.31. The number of halogens is 7. The molecule has 0 saturated heterocycles. The van der Waals surface area contributed by atoms with Crippen LogP contribution >= 0.6 is 0 Å². The molecule has 0 heterocycles. The summed E-state index contributed by atoms with van der Waals surface area (Å²) in [4.78, 5) is 0. The molecule has 0 N–H and O–H groups in total. The average Bonchev–Trinajstić information content (AvgIpc) is 2.02. The third-order valence-electron chi connectivity index (χ3n) is 1.52. The molecule has 15 heavy (non-hydrogen) atoms. The molecule has 0 aromatic carbocycles. The zero-order valence-corrected chi connectivity index (χ0v) is 7.42. The minimum atomic E-state index is -5.97. The van der Waals surface area contributed by atoms with Gasteiger partial charge in [-0.3, -0.25) is 0 Å². The van der Waals surface area contributed by atoms with E-state index in [4.69, 9.17) is 0 Å². The van der Waals surface area contributed by atoms with Crippen LogP contribution in [0.25, 0.3) is 0 Å². The van der Waals surface area contributed by atoms with E-state index in [1.807, 2.05) is 0 Å². The molecular formula is C7H7F7O. The van der Waals surface area contributed by atoms with Gasteiger partial charge in [0, 0.05) is 0 Å². The summed E-state index contributed by atoms with van der Waals surface area (Å²) in [6, 6.07) is 0. The fraction of sp³-hybridized carbons (Fsp3) is 0.714. The maximum atomic E-state index is 12.5. The maximum absolute atomic E-state index is 12.5. The summed E-state index contributed by atoms with van der Waals surface area (Å²) in [5, 5.41) is 0. The zero-order chi connectivity index (χ0) is 12.5. The first kappa shape index (κ1) is 14.0. The van der Waals surface area contributed by atoms with E-state index in [1.165, 1.54) is 0 Å². The lowest BCUT2D eigenvalue weighted by molar-refractivity contribution is -0.392.